The lowest BCUT2D eigenvalue weighted by molar-refractivity contribution is -0.138. The Hall–Kier alpha value is -2.88. The molecule has 0 unspecified atom stereocenters. The van der Waals surface area contributed by atoms with E-state index in [1.165, 1.54) is 11.3 Å². The highest BCUT2D eigenvalue weighted by molar-refractivity contribution is 7.09. The standard InChI is InChI=1S/C22H24N4O4S/c1-14-24-15(13-31-14)10-21(28)26-7-9-30-20(12-26)19-11-17(22(29)23-6-8-27)16-4-2-3-5-18(16)25-19/h2-5,11,13,20,27H,6-10,12H2,1H3,(H,23,29)/t20-/m1/s1. The van der Waals surface area contributed by atoms with Crippen molar-refractivity contribution in [3.05, 3.63) is 57.7 Å². The van der Waals surface area contributed by atoms with E-state index in [0.29, 0.717) is 36.5 Å². The quantitative estimate of drug-likeness (QED) is 0.606. The van der Waals surface area contributed by atoms with Crippen molar-refractivity contribution in [2.45, 2.75) is 19.4 Å². The lowest BCUT2D eigenvalue weighted by Crippen LogP contribution is -2.43. The number of nitrogens with zero attached hydrogens (tertiary/aromatic N) is 3. The fourth-order valence-electron chi connectivity index (χ4n) is 3.62. The molecule has 1 atom stereocenters. The van der Waals surface area contributed by atoms with Crippen molar-refractivity contribution >= 4 is 34.1 Å². The zero-order valence-electron chi connectivity index (χ0n) is 17.2. The number of benzene rings is 1. The number of aryl methyl sites for hydroxylation is 1. The van der Waals surface area contributed by atoms with Crippen molar-refractivity contribution in [3.8, 4) is 0 Å². The Morgan fingerprint density at radius 3 is 2.94 bits per heavy atom. The first-order valence-corrected chi connectivity index (χ1v) is 11.0. The molecule has 3 heterocycles. The van der Waals surface area contributed by atoms with E-state index in [1.807, 2.05) is 36.6 Å². The number of aliphatic hydroxyl groups is 1. The maximum Gasteiger partial charge on any atom is 0.252 e. The van der Waals surface area contributed by atoms with E-state index in [2.05, 4.69) is 10.3 Å². The van der Waals surface area contributed by atoms with Crippen LogP contribution in [0, 0.1) is 6.92 Å². The van der Waals surface area contributed by atoms with Crippen LogP contribution in [0.25, 0.3) is 10.9 Å². The Bertz CT molecular complexity index is 1100. The van der Waals surface area contributed by atoms with Crippen molar-refractivity contribution in [1.29, 1.82) is 0 Å². The van der Waals surface area contributed by atoms with Gasteiger partial charge in [-0.25, -0.2) is 9.97 Å². The molecule has 4 rings (SSSR count). The Kier molecular flexibility index (Phi) is 6.55. The van der Waals surface area contributed by atoms with Crippen LogP contribution in [0.3, 0.4) is 0 Å². The maximum absolute atomic E-state index is 12.8. The number of rotatable bonds is 6. The van der Waals surface area contributed by atoms with E-state index in [4.69, 9.17) is 14.8 Å². The number of fused-ring (bicyclic) bond motifs is 1. The average Bonchev–Trinajstić information content (AvgIpc) is 3.21. The Morgan fingerprint density at radius 2 is 2.16 bits per heavy atom. The van der Waals surface area contributed by atoms with E-state index >= 15 is 0 Å². The number of ether oxygens (including phenoxy) is 1. The Morgan fingerprint density at radius 1 is 1.32 bits per heavy atom. The molecule has 0 radical (unpaired) electrons. The first kappa shape index (κ1) is 21.4. The summed E-state index contributed by atoms with van der Waals surface area (Å²) < 4.78 is 5.92. The van der Waals surface area contributed by atoms with Gasteiger partial charge in [-0.2, -0.15) is 0 Å². The summed E-state index contributed by atoms with van der Waals surface area (Å²) in [5, 5.41) is 15.3. The summed E-state index contributed by atoms with van der Waals surface area (Å²) in [6.07, 6.45) is -0.166. The van der Waals surface area contributed by atoms with Gasteiger partial charge in [-0.3, -0.25) is 9.59 Å². The van der Waals surface area contributed by atoms with Crippen LogP contribution in [0.15, 0.2) is 35.7 Å². The molecule has 0 spiro atoms. The molecular weight excluding hydrogens is 416 g/mol. The molecule has 2 N–H and O–H groups in total. The van der Waals surface area contributed by atoms with Crippen LogP contribution in [0.5, 0.6) is 0 Å². The number of aliphatic hydroxyl groups excluding tert-OH is 1. The maximum atomic E-state index is 12.8. The van der Waals surface area contributed by atoms with Gasteiger partial charge in [0.15, 0.2) is 0 Å². The minimum absolute atomic E-state index is 0.000279. The van der Waals surface area contributed by atoms with Gasteiger partial charge >= 0.3 is 0 Å². The first-order valence-electron chi connectivity index (χ1n) is 10.1. The van der Waals surface area contributed by atoms with Gasteiger partial charge in [0.25, 0.3) is 5.91 Å². The molecule has 9 heteroatoms. The van der Waals surface area contributed by atoms with Crippen LogP contribution >= 0.6 is 11.3 Å². The molecule has 0 bridgehead atoms. The van der Waals surface area contributed by atoms with Crippen LogP contribution in [0.2, 0.25) is 0 Å². The number of thiazole rings is 1. The van der Waals surface area contributed by atoms with E-state index in [9.17, 15) is 9.59 Å². The second-order valence-corrected chi connectivity index (χ2v) is 8.39. The zero-order valence-corrected chi connectivity index (χ0v) is 18.0. The fraction of sp³-hybridized carbons (Fsp3) is 0.364. The molecule has 1 fully saturated rings. The molecular formula is C22H24N4O4S. The number of pyridine rings is 1. The number of hydrogen-bond acceptors (Lipinski definition) is 7. The van der Waals surface area contributed by atoms with Gasteiger partial charge in [0.05, 0.1) is 53.7 Å². The van der Waals surface area contributed by atoms with Crippen molar-refractivity contribution < 1.29 is 19.4 Å². The number of carbonyl (C=O) groups excluding carboxylic acids is 2. The van der Waals surface area contributed by atoms with E-state index < -0.39 is 6.10 Å². The third-order valence-electron chi connectivity index (χ3n) is 5.13. The number of carbonyl (C=O) groups is 2. The predicted molar refractivity (Wildman–Crippen MR) is 117 cm³/mol. The van der Waals surface area contributed by atoms with Gasteiger partial charge in [0.1, 0.15) is 6.10 Å². The second kappa shape index (κ2) is 9.51. The molecule has 162 valence electrons. The molecule has 1 aromatic carbocycles. The minimum Gasteiger partial charge on any atom is -0.395 e. The summed E-state index contributed by atoms with van der Waals surface area (Å²) in [5.41, 5.74) is 2.54. The van der Waals surface area contributed by atoms with Crippen LogP contribution in [0.1, 0.15) is 32.9 Å². The highest BCUT2D eigenvalue weighted by atomic mass is 32.1. The predicted octanol–water partition coefficient (Wildman–Crippen LogP) is 1.86. The Balaban J connectivity index is 1.57. The third-order valence-corrected chi connectivity index (χ3v) is 5.95. The summed E-state index contributed by atoms with van der Waals surface area (Å²) in [5.74, 6) is -0.281. The lowest BCUT2D eigenvalue weighted by atomic mass is 10.0. The molecule has 1 aliphatic heterocycles. The van der Waals surface area contributed by atoms with Crippen molar-refractivity contribution in [3.63, 3.8) is 0 Å². The molecule has 2 aromatic heterocycles. The highest BCUT2D eigenvalue weighted by Crippen LogP contribution is 2.26. The third kappa shape index (κ3) is 4.90. The largest absolute Gasteiger partial charge is 0.395 e. The SMILES string of the molecule is Cc1nc(CC(=O)N2CCO[C@@H](c3cc(C(=O)NCCO)c4ccccc4n3)C2)cs1. The number of hydrogen-bond donors (Lipinski definition) is 2. The van der Waals surface area contributed by atoms with Crippen molar-refractivity contribution in [2.75, 3.05) is 32.8 Å². The number of aromatic nitrogens is 2. The van der Waals surface area contributed by atoms with Crippen LogP contribution in [0.4, 0.5) is 0 Å². The number of morpholine rings is 1. The lowest BCUT2D eigenvalue weighted by Gasteiger charge is -2.33. The summed E-state index contributed by atoms with van der Waals surface area (Å²) in [6, 6.07) is 9.12. The smallest absolute Gasteiger partial charge is 0.252 e. The van der Waals surface area contributed by atoms with Gasteiger partial charge < -0.3 is 20.1 Å². The van der Waals surface area contributed by atoms with E-state index in [1.54, 1.807) is 11.0 Å². The van der Waals surface area contributed by atoms with Gasteiger partial charge in [0.2, 0.25) is 5.91 Å². The monoisotopic (exact) mass is 440 g/mol. The molecule has 2 amide bonds. The van der Waals surface area contributed by atoms with Gasteiger partial charge in [-0.15, -0.1) is 11.3 Å². The second-order valence-electron chi connectivity index (χ2n) is 7.33. The van der Waals surface area contributed by atoms with Crippen molar-refractivity contribution in [1.82, 2.24) is 20.2 Å². The Labute approximate surface area is 183 Å². The van der Waals surface area contributed by atoms with Crippen LogP contribution in [-0.4, -0.2) is 64.6 Å². The molecule has 0 aliphatic carbocycles. The average molecular weight is 441 g/mol. The molecule has 1 aliphatic rings. The molecule has 8 nitrogen and oxygen atoms in total. The zero-order chi connectivity index (χ0) is 21.8. The number of para-hydroxylation sites is 1. The molecule has 31 heavy (non-hydrogen) atoms. The van der Waals surface area contributed by atoms with Gasteiger partial charge in [-0.05, 0) is 19.1 Å². The fourth-order valence-corrected chi connectivity index (χ4v) is 4.24. The van der Waals surface area contributed by atoms with E-state index in [0.717, 1.165) is 16.1 Å². The minimum atomic E-state index is -0.427. The summed E-state index contributed by atoms with van der Waals surface area (Å²) in [4.78, 5) is 36.3. The number of amides is 2. The van der Waals surface area contributed by atoms with Gasteiger partial charge in [-0.1, -0.05) is 18.2 Å². The molecule has 1 saturated heterocycles. The summed E-state index contributed by atoms with van der Waals surface area (Å²) in [6.45, 7) is 3.23. The van der Waals surface area contributed by atoms with Crippen molar-refractivity contribution in [2.24, 2.45) is 0 Å². The van der Waals surface area contributed by atoms with Gasteiger partial charge in [0, 0.05) is 23.9 Å². The first-order chi connectivity index (χ1) is 15.0. The summed E-state index contributed by atoms with van der Waals surface area (Å²) >= 11 is 1.53. The van der Waals surface area contributed by atoms with E-state index in [-0.39, 0.29) is 31.4 Å². The highest BCUT2D eigenvalue weighted by Gasteiger charge is 2.28. The van der Waals surface area contributed by atoms with Crippen LogP contribution < -0.4 is 5.32 Å². The summed E-state index contributed by atoms with van der Waals surface area (Å²) in [7, 11) is 0. The normalized spacial score (nSPS) is 16.5. The number of nitrogens with one attached hydrogen (secondary N) is 1. The molecule has 3 aromatic rings. The van der Waals surface area contributed by atoms with Crippen LogP contribution in [-0.2, 0) is 16.0 Å². The molecule has 0 saturated carbocycles. The topological polar surface area (TPSA) is 105 Å².